The van der Waals surface area contributed by atoms with Crippen LogP contribution in [0.1, 0.15) is 61.8 Å². The van der Waals surface area contributed by atoms with E-state index in [1.165, 1.54) is 6.42 Å². The zero-order valence-electron chi connectivity index (χ0n) is 17.7. The molecule has 0 saturated carbocycles. The van der Waals surface area contributed by atoms with E-state index in [4.69, 9.17) is 9.47 Å². The van der Waals surface area contributed by atoms with Crippen molar-refractivity contribution in [1.29, 1.82) is 0 Å². The Hall–Kier alpha value is -0.450. The maximum absolute atomic E-state index is 9.66. The van der Waals surface area contributed by atoms with E-state index in [1.54, 1.807) is 0 Å². The molecular formula is C20H43NO3. The summed E-state index contributed by atoms with van der Waals surface area (Å²) in [7, 11) is 1.99. The van der Waals surface area contributed by atoms with Gasteiger partial charge in [-0.05, 0) is 30.7 Å². The lowest BCUT2D eigenvalue weighted by molar-refractivity contribution is -0.112. The number of carbonyl (C=O) groups excluding carboxylic acids is 1. The van der Waals surface area contributed by atoms with Crippen LogP contribution in [0.15, 0.2) is 0 Å². The van der Waals surface area contributed by atoms with Gasteiger partial charge in [0.05, 0.1) is 13.2 Å². The molecule has 0 radical (unpaired) electrons. The Morgan fingerprint density at radius 2 is 1.46 bits per heavy atom. The van der Waals surface area contributed by atoms with Gasteiger partial charge in [-0.25, -0.2) is 0 Å². The first-order chi connectivity index (χ1) is 11.0. The molecule has 0 rings (SSSR count). The summed E-state index contributed by atoms with van der Waals surface area (Å²) in [4.78, 5) is 9.66. The molecule has 4 heteroatoms. The third-order valence-electron chi connectivity index (χ3n) is 3.24. The van der Waals surface area contributed by atoms with Gasteiger partial charge in [0.2, 0.25) is 0 Å². The first kappa shape index (κ1) is 25.8. The molecule has 0 atom stereocenters. The van der Waals surface area contributed by atoms with Crippen LogP contribution in [0.3, 0.4) is 0 Å². The molecule has 0 bridgehead atoms. The number of hydrogen-bond donors (Lipinski definition) is 1. The van der Waals surface area contributed by atoms with E-state index in [2.05, 4.69) is 46.9 Å². The smallest absolute Gasteiger partial charge is 0.145 e. The average Bonchev–Trinajstić information content (AvgIpc) is 2.36. The molecule has 0 aromatic heterocycles. The van der Waals surface area contributed by atoms with Crippen LogP contribution in [-0.2, 0) is 14.3 Å². The predicted octanol–water partition coefficient (Wildman–Crippen LogP) is 4.18. The Balaban J connectivity index is 0. The van der Waals surface area contributed by atoms with Gasteiger partial charge in [-0.3, -0.25) is 0 Å². The molecule has 0 aliphatic carbocycles. The van der Waals surface area contributed by atoms with Crippen LogP contribution in [0.25, 0.3) is 0 Å². The maximum Gasteiger partial charge on any atom is 0.145 e. The minimum Gasteiger partial charge on any atom is -0.380 e. The lowest BCUT2D eigenvalue weighted by Crippen LogP contribution is -2.33. The van der Waals surface area contributed by atoms with E-state index < -0.39 is 0 Å². The number of rotatable bonds is 12. The zero-order chi connectivity index (χ0) is 19.2. The van der Waals surface area contributed by atoms with Crippen LogP contribution in [0.4, 0.5) is 0 Å². The number of hydrogen-bond acceptors (Lipinski definition) is 4. The largest absolute Gasteiger partial charge is 0.380 e. The number of aldehydes is 1. The molecule has 0 fully saturated rings. The van der Waals surface area contributed by atoms with Gasteiger partial charge < -0.3 is 19.6 Å². The molecule has 0 aliphatic heterocycles. The van der Waals surface area contributed by atoms with Crippen molar-refractivity contribution < 1.29 is 14.3 Å². The Bertz CT molecular complexity index is 299. The van der Waals surface area contributed by atoms with E-state index in [0.29, 0.717) is 17.9 Å². The summed E-state index contributed by atoms with van der Waals surface area (Å²) in [5, 5.41) is 3.21. The second-order valence-electron chi connectivity index (χ2n) is 9.05. The summed E-state index contributed by atoms with van der Waals surface area (Å²) >= 11 is 0. The summed E-state index contributed by atoms with van der Waals surface area (Å²) in [5.74, 6) is 1.26. The normalized spacial score (nSPS) is 12.3. The summed E-state index contributed by atoms with van der Waals surface area (Å²) in [6, 6.07) is 0. The molecule has 0 amide bonds. The second-order valence-corrected chi connectivity index (χ2v) is 9.05. The second kappa shape index (κ2) is 13.8. The minimum atomic E-state index is 0.225. The fourth-order valence-electron chi connectivity index (χ4n) is 2.65. The third-order valence-corrected chi connectivity index (χ3v) is 3.24. The van der Waals surface area contributed by atoms with Crippen molar-refractivity contribution in [2.75, 3.05) is 40.0 Å². The van der Waals surface area contributed by atoms with Crippen molar-refractivity contribution in [1.82, 2.24) is 5.32 Å². The topological polar surface area (TPSA) is 47.6 Å². The van der Waals surface area contributed by atoms with E-state index in [0.717, 1.165) is 32.0 Å². The average molecular weight is 346 g/mol. The molecule has 24 heavy (non-hydrogen) atoms. The van der Waals surface area contributed by atoms with Crippen LogP contribution in [0, 0.1) is 22.7 Å². The van der Waals surface area contributed by atoms with Gasteiger partial charge >= 0.3 is 0 Å². The Morgan fingerprint density at radius 3 is 1.88 bits per heavy atom. The number of ether oxygens (including phenoxy) is 2. The van der Waals surface area contributed by atoms with Crippen LogP contribution in [0.5, 0.6) is 0 Å². The summed E-state index contributed by atoms with van der Waals surface area (Å²) in [6.07, 6.45) is 1.99. The lowest BCUT2D eigenvalue weighted by atomic mass is 9.85. The Kier molecular flexibility index (Phi) is 14.8. The molecule has 0 unspecified atom stereocenters. The summed E-state index contributed by atoms with van der Waals surface area (Å²) in [6.45, 7) is 21.3. The fraction of sp³-hybridized carbons (Fsp3) is 0.950. The first-order valence-corrected chi connectivity index (χ1v) is 9.19. The summed E-state index contributed by atoms with van der Waals surface area (Å²) in [5.41, 5.74) is 0.520. The predicted molar refractivity (Wildman–Crippen MR) is 103 cm³/mol. The molecular weight excluding hydrogens is 302 g/mol. The lowest BCUT2D eigenvalue weighted by Gasteiger charge is -2.30. The summed E-state index contributed by atoms with van der Waals surface area (Å²) < 4.78 is 10.8. The highest BCUT2D eigenvalue weighted by Gasteiger charge is 2.22. The highest BCUT2D eigenvalue weighted by Crippen LogP contribution is 2.26. The van der Waals surface area contributed by atoms with Crippen molar-refractivity contribution in [2.45, 2.75) is 61.8 Å². The van der Waals surface area contributed by atoms with Crippen molar-refractivity contribution in [3.63, 3.8) is 0 Å². The standard InChI is InChI=1S/C14H31NO.C6H12O2/c1-12(2)8-13(3,4)10-16-11-14(5,6)9-15-7;1-6(2)5-8-4-3-7/h12,15H,8-11H2,1-7H3;3,6H,4-5H2,1-2H3. The number of nitrogens with one attached hydrogen (secondary N) is 1. The minimum absolute atomic E-state index is 0.225. The van der Waals surface area contributed by atoms with Crippen LogP contribution in [0.2, 0.25) is 0 Å². The number of carbonyl (C=O) groups is 1. The van der Waals surface area contributed by atoms with E-state index >= 15 is 0 Å². The molecule has 0 spiro atoms. The fourth-order valence-corrected chi connectivity index (χ4v) is 2.65. The molecule has 0 aromatic carbocycles. The monoisotopic (exact) mass is 345 g/mol. The quantitative estimate of drug-likeness (QED) is 0.426. The molecule has 4 nitrogen and oxygen atoms in total. The Morgan fingerprint density at radius 1 is 0.917 bits per heavy atom. The first-order valence-electron chi connectivity index (χ1n) is 9.19. The van der Waals surface area contributed by atoms with Crippen LogP contribution in [-0.4, -0.2) is 46.3 Å². The highest BCUT2D eigenvalue weighted by atomic mass is 16.5. The van der Waals surface area contributed by atoms with E-state index in [9.17, 15) is 4.79 Å². The molecule has 0 saturated heterocycles. The maximum atomic E-state index is 9.66. The van der Waals surface area contributed by atoms with Gasteiger partial charge in [-0.15, -0.1) is 0 Å². The molecule has 1 N–H and O–H groups in total. The molecule has 146 valence electrons. The highest BCUT2D eigenvalue weighted by molar-refractivity contribution is 5.50. The van der Waals surface area contributed by atoms with Gasteiger partial charge in [0.1, 0.15) is 12.9 Å². The molecule has 0 aromatic rings. The van der Waals surface area contributed by atoms with E-state index in [1.807, 2.05) is 20.9 Å². The van der Waals surface area contributed by atoms with Crippen molar-refractivity contribution in [3.8, 4) is 0 Å². The van der Waals surface area contributed by atoms with Crippen LogP contribution >= 0.6 is 0 Å². The van der Waals surface area contributed by atoms with E-state index in [-0.39, 0.29) is 12.0 Å². The van der Waals surface area contributed by atoms with Crippen molar-refractivity contribution >= 4 is 6.29 Å². The molecule has 0 heterocycles. The van der Waals surface area contributed by atoms with Crippen molar-refractivity contribution in [3.05, 3.63) is 0 Å². The zero-order valence-corrected chi connectivity index (χ0v) is 17.7. The van der Waals surface area contributed by atoms with Gasteiger partial charge in [0.25, 0.3) is 0 Å². The SMILES string of the molecule is CC(C)COCC=O.CNCC(C)(C)COCC(C)(C)CC(C)C. The van der Waals surface area contributed by atoms with Gasteiger partial charge in [0.15, 0.2) is 0 Å². The Labute approximate surface area is 151 Å². The van der Waals surface area contributed by atoms with Gasteiger partial charge in [0, 0.05) is 18.6 Å². The van der Waals surface area contributed by atoms with Crippen molar-refractivity contribution in [2.24, 2.45) is 22.7 Å². The van der Waals surface area contributed by atoms with Crippen LogP contribution < -0.4 is 5.32 Å². The van der Waals surface area contributed by atoms with Gasteiger partial charge in [-0.2, -0.15) is 0 Å². The third kappa shape index (κ3) is 19.6. The molecule has 0 aliphatic rings. The van der Waals surface area contributed by atoms with Gasteiger partial charge in [-0.1, -0.05) is 55.4 Å².